The monoisotopic (exact) mass is 271 g/mol. The van der Waals surface area contributed by atoms with Gasteiger partial charge in [0.25, 0.3) is 0 Å². The molecule has 0 bridgehead atoms. The molecule has 0 aliphatic heterocycles. The van der Waals surface area contributed by atoms with Crippen LogP contribution in [0.2, 0.25) is 0 Å². The van der Waals surface area contributed by atoms with Gasteiger partial charge in [-0.25, -0.2) is 0 Å². The van der Waals surface area contributed by atoms with Crippen molar-refractivity contribution in [3.05, 3.63) is 30.5 Å². The van der Waals surface area contributed by atoms with Crippen LogP contribution in [0, 0.1) is 0 Å². The van der Waals surface area contributed by atoms with Gasteiger partial charge in [0, 0.05) is 17.9 Å². The highest BCUT2D eigenvalue weighted by Crippen LogP contribution is 2.19. The smallest absolute Gasteiger partial charge is 0.240 e. The molecule has 0 spiro atoms. The van der Waals surface area contributed by atoms with Crippen molar-refractivity contribution in [1.82, 2.24) is 9.88 Å². The number of hydrogen-bond acceptors (Lipinski definition) is 2. The molecule has 3 rings (SSSR count). The third kappa shape index (κ3) is 2.79. The van der Waals surface area contributed by atoms with Gasteiger partial charge in [-0.05, 0) is 36.4 Å². The normalized spacial score (nSPS) is 16.4. The number of fused-ring (bicyclic) bond motifs is 1. The summed E-state index contributed by atoms with van der Waals surface area (Å²) in [5, 5.41) is 4.26. The Morgan fingerprint density at radius 3 is 2.85 bits per heavy atom. The number of benzene rings is 1. The number of nitrogen functional groups attached to an aromatic ring is 1. The molecule has 0 saturated heterocycles. The van der Waals surface area contributed by atoms with E-state index in [1.807, 2.05) is 35.0 Å². The van der Waals surface area contributed by atoms with Crippen LogP contribution in [-0.4, -0.2) is 16.5 Å². The number of aromatic nitrogens is 1. The minimum atomic E-state index is 0.0943. The second kappa shape index (κ2) is 5.57. The van der Waals surface area contributed by atoms with E-state index in [9.17, 15) is 4.79 Å². The van der Waals surface area contributed by atoms with Crippen LogP contribution >= 0.6 is 0 Å². The summed E-state index contributed by atoms with van der Waals surface area (Å²) in [6.07, 6.45) is 7.94. The number of carbonyl (C=O) groups excluding carboxylic acids is 1. The second-order valence-electron chi connectivity index (χ2n) is 5.66. The molecule has 4 nitrogen and oxygen atoms in total. The molecular formula is C16H21N3O. The maximum absolute atomic E-state index is 12.1. The third-order valence-corrected chi connectivity index (χ3v) is 4.08. The molecular weight excluding hydrogens is 250 g/mol. The fraction of sp³-hybridized carbons (Fsp3) is 0.438. The van der Waals surface area contributed by atoms with Crippen molar-refractivity contribution < 1.29 is 4.79 Å². The SMILES string of the molecule is Nc1ccc2ccn(CC(=O)NC3CCCCC3)c2c1. The van der Waals surface area contributed by atoms with Crippen molar-refractivity contribution in [1.29, 1.82) is 0 Å². The minimum Gasteiger partial charge on any atom is -0.399 e. The van der Waals surface area contributed by atoms with Gasteiger partial charge in [-0.2, -0.15) is 0 Å². The zero-order valence-corrected chi connectivity index (χ0v) is 11.6. The maximum atomic E-state index is 12.1. The standard InChI is InChI=1S/C16H21N3O/c17-13-7-6-12-8-9-19(15(12)10-13)11-16(20)18-14-4-2-1-3-5-14/h6-10,14H,1-5,11,17H2,(H,18,20). The fourth-order valence-corrected chi connectivity index (χ4v) is 3.01. The zero-order valence-electron chi connectivity index (χ0n) is 11.6. The Labute approximate surface area is 118 Å². The van der Waals surface area contributed by atoms with Crippen molar-refractivity contribution in [3.8, 4) is 0 Å². The Morgan fingerprint density at radius 1 is 1.25 bits per heavy atom. The van der Waals surface area contributed by atoms with Crippen LogP contribution in [0.15, 0.2) is 30.5 Å². The van der Waals surface area contributed by atoms with Gasteiger partial charge < -0.3 is 15.6 Å². The number of nitrogens with zero attached hydrogens (tertiary/aromatic N) is 1. The summed E-state index contributed by atoms with van der Waals surface area (Å²) in [5.74, 6) is 0.0943. The molecule has 0 radical (unpaired) electrons. The molecule has 0 unspecified atom stereocenters. The van der Waals surface area contributed by atoms with Crippen molar-refractivity contribution >= 4 is 22.5 Å². The van der Waals surface area contributed by atoms with E-state index in [4.69, 9.17) is 5.73 Å². The number of anilines is 1. The first-order valence-corrected chi connectivity index (χ1v) is 7.36. The van der Waals surface area contributed by atoms with E-state index in [1.165, 1.54) is 19.3 Å². The first-order valence-electron chi connectivity index (χ1n) is 7.36. The van der Waals surface area contributed by atoms with Gasteiger partial charge in [-0.15, -0.1) is 0 Å². The first kappa shape index (κ1) is 13.0. The largest absolute Gasteiger partial charge is 0.399 e. The molecule has 2 aromatic rings. The number of nitrogens with one attached hydrogen (secondary N) is 1. The van der Waals surface area contributed by atoms with Gasteiger partial charge in [0.05, 0.1) is 5.52 Å². The van der Waals surface area contributed by atoms with Gasteiger partial charge in [0.2, 0.25) is 5.91 Å². The zero-order chi connectivity index (χ0) is 13.9. The van der Waals surface area contributed by atoms with Gasteiger partial charge in [-0.3, -0.25) is 4.79 Å². The van der Waals surface area contributed by atoms with Crippen LogP contribution < -0.4 is 11.1 Å². The van der Waals surface area contributed by atoms with Gasteiger partial charge in [0.15, 0.2) is 0 Å². The summed E-state index contributed by atoms with van der Waals surface area (Å²) in [6, 6.07) is 8.17. The lowest BCUT2D eigenvalue weighted by Gasteiger charge is -2.22. The van der Waals surface area contributed by atoms with E-state index < -0.39 is 0 Å². The summed E-state index contributed by atoms with van der Waals surface area (Å²) in [7, 11) is 0. The summed E-state index contributed by atoms with van der Waals surface area (Å²) in [6.45, 7) is 0.365. The lowest BCUT2D eigenvalue weighted by Crippen LogP contribution is -2.38. The molecule has 4 heteroatoms. The van der Waals surface area contributed by atoms with E-state index in [0.717, 1.165) is 29.4 Å². The fourth-order valence-electron chi connectivity index (χ4n) is 3.01. The quantitative estimate of drug-likeness (QED) is 0.843. The number of amides is 1. The number of hydrogen-bond donors (Lipinski definition) is 2. The Balaban J connectivity index is 1.69. The highest BCUT2D eigenvalue weighted by Gasteiger charge is 2.16. The van der Waals surface area contributed by atoms with Crippen LogP contribution in [-0.2, 0) is 11.3 Å². The van der Waals surface area contributed by atoms with Gasteiger partial charge >= 0.3 is 0 Å². The maximum Gasteiger partial charge on any atom is 0.240 e. The van der Waals surface area contributed by atoms with E-state index in [-0.39, 0.29) is 5.91 Å². The Bertz CT molecular complexity index is 611. The van der Waals surface area contributed by atoms with E-state index in [2.05, 4.69) is 5.32 Å². The summed E-state index contributed by atoms with van der Waals surface area (Å²) >= 11 is 0. The molecule has 0 atom stereocenters. The third-order valence-electron chi connectivity index (χ3n) is 4.08. The van der Waals surface area contributed by atoms with Gasteiger partial charge in [-0.1, -0.05) is 25.3 Å². The average Bonchev–Trinajstić information content (AvgIpc) is 2.82. The predicted octanol–water partition coefficient (Wildman–Crippen LogP) is 2.67. The molecule has 1 aromatic carbocycles. The van der Waals surface area contributed by atoms with Crippen LogP contribution in [0.4, 0.5) is 5.69 Å². The van der Waals surface area contributed by atoms with Crippen LogP contribution in [0.3, 0.4) is 0 Å². The lowest BCUT2D eigenvalue weighted by atomic mass is 9.95. The molecule has 1 aromatic heterocycles. The Hall–Kier alpha value is -1.97. The molecule has 1 amide bonds. The molecule has 1 aliphatic carbocycles. The molecule has 3 N–H and O–H groups in total. The molecule has 1 saturated carbocycles. The molecule has 1 heterocycles. The number of rotatable bonds is 3. The summed E-state index contributed by atoms with van der Waals surface area (Å²) in [5.41, 5.74) is 7.56. The van der Waals surface area contributed by atoms with E-state index >= 15 is 0 Å². The molecule has 20 heavy (non-hydrogen) atoms. The van der Waals surface area contributed by atoms with Crippen LogP contribution in [0.25, 0.3) is 10.9 Å². The molecule has 106 valence electrons. The Morgan fingerprint density at radius 2 is 2.05 bits per heavy atom. The number of carbonyl (C=O) groups is 1. The number of nitrogens with two attached hydrogens (primary N) is 1. The Kier molecular flexibility index (Phi) is 3.63. The second-order valence-corrected chi connectivity index (χ2v) is 5.66. The van der Waals surface area contributed by atoms with Crippen LogP contribution in [0.5, 0.6) is 0 Å². The van der Waals surface area contributed by atoms with E-state index in [0.29, 0.717) is 12.6 Å². The van der Waals surface area contributed by atoms with Crippen molar-refractivity contribution in [2.75, 3.05) is 5.73 Å². The minimum absolute atomic E-state index is 0.0943. The predicted molar refractivity (Wildman–Crippen MR) is 81.4 cm³/mol. The molecule has 1 aliphatic rings. The highest BCUT2D eigenvalue weighted by molar-refractivity contribution is 5.85. The van der Waals surface area contributed by atoms with Crippen LogP contribution in [0.1, 0.15) is 32.1 Å². The summed E-state index contributed by atoms with van der Waals surface area (Å²) < 4.78 is 1.96. The van der Waals surface area contributed by atoms with Crippen molar-refractivity contribution in [3.63, 3.8) is 0 Å². The van der Waals surface area contributed by atoms with Gasteiger partial charge in [0.1, 0.15) is 6.54 Å². The summed E-state index contributed by atoms with van der Waals surface area (Å²) in [4.78, 5) is 12.1. The highest BCUT2D eigenvalue weighted by atomic mass is 16.2. The first-order chi connectivity index (χ1) is 9.72. The average molecular weight is 271 g/mol. The lowest BCUT2D eigenvalue weighted by molar-refractivity contribution is -0.122. The topological polar surface area (TPSA) is 60.0 Å². The van der Waals surface area contributed by atoms with Crippen molar-refractivity contribution in [2.24, 2.45) is 0 Å². The van der Waals surface area contributed by atoms with Crippen molar-refractivity contribution in [2.45, 2.75) is 44.7 Å². The van der Waals surface area contributed by atoms with E-state index in [1.54, 1.807) is 0 Å². The molecule has 1 fully saturated rings.